The molecule has 1 rings (SSSR count). The summed E-state index contributed by atoms with van der Waals surface area (Å²) in [5, 5.41) is 22.4. The summed E-state index contributed by atoms with van der Waals surface area (Å²) in [5.74, 6) is 0. The summed E-state index contributed by atoms with van der Waals surface area (Å²) >= 11 is 0. The fourth-order valence-electron chi connectivity index (χ4n) is 2.12. The van der Waals surface area contributed by atoms with Crippen LogP contribution in [0.5, 0.6) is 0 Å². The zero-order valence-corrected chi connectivity index (χ0v) is 11.7. The third-order valence-electron chi connectivity index (χ3n) is 3.59. The number of ether oxygens (including phenoxy) is 1. The molecule has 0 spiro atoms. The van der Waals surface area contributed by atoms with Crippen molar-refractivity contribution in [1.29, 1.82) is 5.26 Å². The van der Waals surface area contributed by atoms with Gasteiger partial charge in [-0.25, -0.2) is 0 Å². The van der Waals surface area contributed by atoms with Crippen LogP contribution in [0.15, 0.2) is 0 Å². The Hall–Kier alpha value is -0.630. The highest BCUT2D eigenvalue weighted by Crippen LogP contribution is 2.21. The minimum absolute atomic E-state index is 0.209. The second-order valence-corrected chi connectivity index (χ2v) is 5.97. The van der Waals surface area contributed by atoms with Crippen LogP contribution in [0.3, 0.4) is 0 Å². The van der Waals surface area contributed by atoms with Gasteiger partial charge in [0.2, 0.25) is 0 Å². The van der Waals surface area contributed by atoms with Gasteiger partial charge in [0, 0.05) is 32.6 Å². The second kappa shape index (κ2) is 7.08. The predicted octanol–water partition coefficient (Wildman–Crippen LogP) is 1.84. The van der Waals surface area contributed by atoms with E-state index in [1.807, 2.05) is 13.8 Å². The first-order chi connectivity index (χ1) is 8.47. The van der Waals surface area contributed by atoms with Gasteiger partial charge in [0.25, 0.3) is 0 Å². The molecular weight excluding hydrogens is 228 g/mol. The van der Waals surface area contributed by atoms with Gasteiger partial charge in [-0.15, -0.1) is 0 Å². The first-order valence-corrected chi connectivity index (χ1v) is 6.90. The van der Waals surface area contributed by atoms with E-state index in [4.69, 9.17) is 10.00 Å². The minimum atomic E-state index is -0.579. The van der Waals surface area contributed by atoms with Gasteiger partial charge in [-0.1, -0.05) is 6.42 Å². The molecule has 0 aromatic rings. The molecule has 1 fully saturated rings. The van der Waals surface area contributed by atoms with Gasteiger partial charge in [0.05, 0.1) is 17.1 Å². The van der Waals surface area contributed by atoms with E-state index in [1.165, 1.54) is 0 Å². The van der Waals surface area contributed by atoms with Gasteiger partial charge in [-0.3, -0.25) is 0 Å². The summed E-state index contributed by atoms with van der Waals surface area (Å²) in [6.07, 6.45) is 4.49. The molecule has 0 aliphatic carbocycles. The fourth-order valence-corrected chi connectivity index (χ4v) is 2.12. The quantitative estimate of drug-likeness (QED) is 0.680. The van der Waals surface area contributed by atoms with Crippen LogP contribution in [0, 0.1) is 16.7 Å². The second-order valence-electron chi connectivity index (χ2n) is 5.97. The lowest BCUT2D eigenvalue weighted by atomic mass is 9.89. The Balaban J connectivity index is 2.03. The summed E-state index contributed by atoms with van der Waals surface area (Å²) in [6, 6.07) is 2.32. The first-order valence-electron chi connectivity index (χ1n) is 6.90. The standard InChI is InChI=1S/C14H26N2O2/c1-13(2,11-15)5-3-4-8-16-12-14(17)6-9-18-10-7-14/h16-17H,3-10,12H2,1-2H3. The van der Waals surface area contributed by atoms with Gasteiger partial charge in [-0.05, 0) is 33.2 Å². The van der Waals surface area contributed by atoms with Crippen molar-refractivity contribution < 1.29 is 9.84 Å². The number of hydrogen-bond acceptors (Lipinski definition) is 4. The number of nitrogens with zero attached hydrogens (tertiary/aromatic N) is 1. The molecule has 1 saturated heterocycles. The number of hydrogen-bond donors (Lipinski definition) is 2. The van der Waals surface area contributed by atoms with E-state index in [2.05, 4.69) is 11.4 Å². The van der Waals surface area contributed by atoms with Gasteiger partial charge in [0.15, 0.2) is 0 Å². The minimum Gasteiger partial charge on any atom is -0.388 e. The van der Waals surface area contributed by atoms with Crippen LogP contribution < -0.4 is 5.32 Å². The summed E-state index contributed by atoms with van der Waals surface area (Å²) in [5.41, 5.74) is -0.789. The fraction of sp³-hybridized carbons (Fsp3) is 0.929. The average Bonchev–Trinajstić information content (AvgIpc) is 2.34. The number of nitriles is 1. The Morgan fingerprint density at radius 3 is 2.61 bits per heavy atom. The maximum absolute atomic E-state index is 10.2. The zero-order chi connectivity index (χ0) is 13.5. The highest BCUT2D eigenvalue weighted by molar-refractivity contribution is 4.91. The van der Waals surface area contributed by atoms with Crippen molar-refractivity contribution in [3.8, 4) is 6.07 Å². The van der Waals surface area contributed by atoms with Gasteiger partial charge in [0.1, 0.15) is 0 Å². The maximum atomic E-state index is 10.2. The number of rotatable bonds is 7. The van der Waals surface area contributed by atoms with E-state index < -0.39 is 5.60 Å². The molecule has 104 valence electrons. The van der Waals surface area contributed by atoms with E-state index in [0.29, 0.717) is 19.8 Å². The van der Waals surface area contributed by atoms with Crippen molar-refractivity contribution in [3.63, 3.8) is 0 Å². The smallest absolute Gasteiger partial charge is 0.0815 e. The highest BCUT2D eigenvalue weighted by atomic mass is 16.5. The molecular formula is C14H26N2O2. The van der Waals surface area contributed by atoms with Crippen molar-refractivity contribution in [2.24, 2.45) is 5.41 Å². The summed E-state index contributed by atoms with van der Waals surface area (Å²) in [6.45, 7) is 6.84. The predicted molar refractivity (Wildman–Crippen MR) is 71.1 cm³/mol. The van der Waals surface area contributed by atoms with Gasteiger partial charge < -0.3 is 15.2 Å². The molecule has 1 aliphatic heterocycles. The molecule has 1 heterocycles. The van der Waals surface area contributed by atoms with E-state index >= 15 is 0 Å². The van der Waals surface area contributed by atoms with Crippen LogP contribution in [0.25, 0.3) is 0 Å². The van der Waals surface area contributed by atoms with E-state index in [1.54, 1.807) is 0 Å². The molecule has 18 heavy (non-hydrogen) atoms. The molecule has 0 bridgehead atoms. The van der Waals surface area contributed by atoms with Crippen molar-refractivity contribution in [3.05, 3.63) is 0 Å². The van der Waals surface area contributed by atoms with Gasteiger partial charge >= 0.3 is 0 Å². The van der Waals surface area contributed by atoms with Crippen molar-refractivity contribution in [2.75, 3.05) is 26.3 Å². The van der Waals surface area contributed by atoms with E-state index in [-0.39, 0.29) is 5.41 Å². The molecule has 0 unspecified atom stereocenters. The first kappa shape index (κ1) is 15.4. The van der Waals surface area contributed by atoms with Crippen molar-refractivity contribution >= 4 is 0 Å². The highest BCUT2D eigenvalue weighted by Gasteiger charge is 2.28. The third-order valence-corrected chi connectivity index (χ3v) is 3.59. The Labute approximate surface area is 110 Å². The Morgan fingerprint density at radius 1 is 1.33 bits per heavy atom. The Morgan fingerprint density at radius 2 is 2.00 bits per heavy atom. The van der Waals surface area contributed by atoms with Crippen molar-refractivity contribution in [2.45, 2.75) is 51.6 Å². The summed E-state index contributed by atoms with van der Waals surface area (Å²) in [4.78, 5) is 0. The molecule has 0 aromatic heterocycles. The summed E-state index contributed by atoms with van der Waals surface area (Å²) < 4.78 is 5.24. The van der Waals surface area contributed by atoms with Crippen LogP contribution in [0.4, 0.5) is 0 Å². The molecule has 0 aromatic carbocycles. The SMILES string of the molecule is CC(C)(C#N)CCCCNCC1(O)CCOCC1. The third kappa shape index (κ3) is 5.81. The lowest BCUT2D eigenvalue weighted by Crippen LogP contribution is -2.45. The number of aliphatic hydroxyl groups is 1. The van der Waals surface area contributed by atoms with Crippen LogP contribution in [-0.2, 0) is 4.74 Å². The number of nitrogens with one attached hydrogen (secondary N) is 1. The molecule has 1 aliphatic rings. The van der Waals surface area contributed by atoms with E-state index in [0.717, 1.165) is 38.6 Å². The van der Waals surface area contributed by atoms with Crippen LogP contribution in [0.1, 0.15) is 46.0 Å². The monoisotopic (exact) mass is 254 g/mol. The molecule has 4 nitrogen and oxygen atoms in total. The maximum Gasteiger partial charge on any atom is 0.0815 e. The Kier molecular flexibility index (Phi) is 6.07. The molecule has 0 amide bonds. The summed E-state index contributed by atoms with van der Waals surface area (Å²) in [7, 11) is 0. The van der Waals surface area contributed by atoms with Crippen LogP contribution in [0.2, 0.25) is 0 Å². The van der Waals surface area contributed by atoms with Crippen LogP contribution in [-0.4, -0.2) is 37.0 Å². The Bertz CT molecular complexity index is 278. The van der Waals surface area contributed by atoms with Gasteiger partial charge in [-0.2, -0.15) is 5.26 Å². The topological polar surface area (TPSA) is 65.3 Å². The van der Waals surface area contributed by atoms with Crippen LogP contribution >= 0.6 is 0 Å². The molecule has 0 saturated carbocycles. The molecule has 0 radical (unpaired) electrons. The molecule has 2 N–H and O–H groups in total. The molecule has 4 heteroatoms. The zero-order valence-electron chi connectivity index (χ0n) is 11.7. The number of unbranched alkanes of at least 4 members (excludes halogenated alkanes) is 1. The normalized spacial score (nSPS) is 19.4. The lowest BCUT2D eigenvalue weighted by molar-refractivity contribution is -0.0614. The average molecular weight is 254 g/mol. The lowest BCUT2D eigenvalue weighted by Gasteiger charge is -2.32. The van der Waals surface area contributed by atoms with Crippen molar-refractivity contribution in [1.82, 2.24) is 5.32 Å². The molecule has 0 atom stereocenters. The van der Waals surface area contributed by atoms with E-state index in [9.17, 15) is 5.11 Å². The largest absolute Gasteiger partial charge is 0.388 e.